The second kappa shape index (κ2) is 14.9. The summed E-state index contributed by atoms with van der Waals surface area (Å²) in [6.07, 6.45) is 0. The van der Waals surface area contributed by atoms with Crippen LogP contribution in [0.5, 0.6) is 34.5 Å². The summed E-state index contributed by atoms with van der Waals surface area (Å²) in [5, 5.41) is 0. The Kier molecular flexibility index (Phi) is 10.0. The summed E-state index contributed by atoms with van der Waals surface area (Å²) in [7, 11) is -10.0. The fourth-order valence-corrected chi connectivity index (χ4v) is 14.4. The van der Waals surface area contributed by atoms with E-state index >= 15 is 0 Å². The number of nitrogens with one attached hydrogen (secondary N) is 1. The molecule has 278 valence electrons. The zero-order valence-electron chi connectivity index (χ0n) is 29.0. The minimum absolute atomic E-state index is 0.293. The molecular weight excluding hydrogens is 745 g/mol. The Bertz CT molecular complexity index is 2100. The Labute approximate surface area is 314 Å². The molecule has 0 saturated carbocycles. The standard InChI is InChI=1S/C37H39N8O6P3/c1-26-2-14-35(15-3-26)49-54(50-36-22-10-30(41)11-23-36,51-37-24-12-31(42)13-25-37)44-52-43-53(47-33-18-6-28(39)7-19-33,48-34-20-8-29(40)9-21-34)45(54)46-32-16-4-27(38)5-17-32/h2-25,44,52H,38-42H2,1H3. The predicted octanol–water partition coefficient (Wildman–Crippen LogP) is 9.08. The van der Waals surface area contributed by atoms with E-state index in [4.69, 9.17) is 60.6 Å². The van der Waals surface area contributed by atoms with Gasteiger partial charge in [0.25, 0.3) is 0 Å². The van der Waals surface area contributed by atoms with Gasteiger partial charge >= 0.3 is 315 Å². The molecule has 1 aliphatic heterocycles. The van der Waals surface area contributed by atoms with Gasteiger partial charge in [0.05, 0.1) is 0 Å². The van der Waals surface area contributed by atoms with Crippen LogP contribution in [0.4, 0.5) is 28.4 Å². The first-order valence-corrected chi connectivity index (χ1v) is 20.9. The fourth-order valence-electron chi connectivity index (χ4n) is 5.09. The molecule has 54 heavy (non-hydrogen) atoms. The number of benzene rings is 6. The van der Waals surface area contributed by atoms with Crippen molar-refractivity contribution in [3.63, 3.8) is 0 Å². The van der Waals surface area contributed by atoms with Crippen LogP contribution in [0.15, 0.2) is 150 Å². The van der Waals surface area contributed by atoms with E-state index in [1.807, 2.05) is 19.1 Å². The van der Waals surface area contributed by atoms with E-state index in [2.05, 4.69) is 4.86 Å². The zero-order valence-corrected chi connectivity index (χ0v) is 31.8. The summed E-state index contributed by atoms with van der Waals surface area (Å²) < 4.78 is 41.7. The van der Waals surface area contributed by atoms with Gasteiger partial charge in [-0.2, -0.15) is 0 Å². The van der Waals surface area contributed by atoms with E-state index in [1.165, 1.54) is 4.60 Å². The Balaban J connectivity index is 1.56. The molecule has 17 heteroatoms. The number of aryl methyl sites for hydroxylation is 1. The molecule has 0 fully saturated rings. The molecule has 0 aromatic heterocycles. The average Bonchev–Trinajstić information content (AvgIpc) is 3.16. The van der Waals surface area contributed by atoms with Gasteiger partial charge in [0.2, 0.25) is 0 Å². The van der Waals surface area contributed by atoms with E-state index in [1.54, 1.807) is 133 Å². The molecule has 11 N–H and O–H groups in total. The Morgan fingerprint density at radius 1 is 0.481 bits per heavy atom. The minimum atomic E-state index is -5.43. The molecule has 0 aliphatic carbocycles. The molecule has 0 amide bonds. The Morgan fingerprint density at radius 2 is 0.796 bits per heavy atom. The summed E-state index contributed by atoms with van der Waals surface area (Å²) in [5.74, 6) is 1.94. The third kappa shape index (κ3) is 7.89. The van der Waals surface area contributed by atoms with Crippen LogP contribution in [0.25, 0.3) is 0 Å². The van der Waals surface area contributed by atoms with Crippen LogP contribution < -0.4 is 61.0 Å². The quantitative estimate of drug-likeness (QED) is 0.0505. The van der Waals surface area contributed by atoms with Gasteiger partial charge in [0.15, 0.2) is 0 Å². The van der Waals surface area contributed by atoms with Crippen LogP contribution in [0.2, 0.25) is 0 Å². The molecule has 0 radical (unpaired) electrons. The van der Waals surface area contributed by atoms with Crippen LogP contribution in [-0.2, 0) is 0 Å². The zero-order chi connectivity index (χ0) is 37.8. The number of anilines is 5. The van der Waals surface area contributed by atoms with Crippen LogP contribution in [0, 0.1) is 6.92 Å². The first-order chi connectivity index (χ1) is 26.0. The summed E-state index contributed by atoms with van der Waals surface area (Å²) in [6, 6.07) is 41.2. The van der Waals surface area contributed by atoms with Gasteiger partial charge in [-0.3, -0.25) is 0 Å². The fraction of sp³-hybridized carbons (Fsp3) is 0.0270. The van der Waals surface area contributed by atoms with Crippen LogP contribution in [-0.4, -0.2) is 4.60 Å². The maximum atomic E-state index is 7.19. The summed E-state index contributed by atoms with van der Waals surface area (Å²) >= 11 is 0. The number of nitrogen functional groups attached to an aromatic ring is 5. The molecule has 1 atom stereocenters. The maximum absolute atomic E-state index is 7.19. The molecular formula is C37H39N8O6P3. The topological polar surface area (TPSA) is 213 Å². The van der Waals surface area contributed by atoms with Gasteiger partial charge in [-0.25, -0.2) is 0 Å². The average molecular weight is 785 g/mol. The summed E-state index contributed by atoms with van der Waals surface area (Å²) in [6.45, 7) is 1.97. The van der Waals surface area contributed by atoms with Crippen LogP contribution in [0.3, 0.4) is 0 Å². The number of nitrogens with two attached hydrogens (primary N) is 5. The van der Waals surface area contributed by atoms with Gasteiger partial charge < -0.3 is 0 Å². The monoisotopic (exact) mass is 784 g/mol. The van der Waals surface area contributed by atoms with E-state index in [0.717, 1.165) is 5.56 Å². The first kappa shape index (κ1) is 36.5. The number of rotatable bonds is 12. The molecule has 1 heterocycles. The molecule has 1 aliphatic rings. The molecule has 14 nitrogen and oxygen atoms in total. The first-order valence-electron chi connectivity index (χ1n) is 16.5. The Morgan fingerprint density at radius 3 is 1.17 bits per heavy atom. The van der Waals surface area contributed by atoms with E-state index in [9.17, 15) is 0 Å². The van der Waals surface area contributed by atoms with Crippen molar-refractivity contribution in [2.24, 2.45) is 4.52 Å². The molecule has 1 unspecified atom stereocenters. The Hall–Kier alpha value is -5.87. The van der Waals surface area contributed by atoms with Gasteiger partial charge in [0, 0.05) is 0 Å². The van der Waals surface area contributed by atoms with E-state index < -0.39 is 24.1 Å². The van der Waals surface area contributed by atoms with Gasteiger partial charge in [-0.05, 0) is 0 Å². The molecule has 6 aromatic rings. The summed E-state index contributed by atoms with van der Waals surface area (Å²) in [4.78, 5) is 10.4. The van der Waals surface area contributed by atoms with Gasteiger partial charge in [-0.15, -0.1) is 0 Å². The van der Waals surface area contributed by atoms with Gasteiger partial charge in [0.1, 0.15) is 0 Å². The normalized spacial score (nSPS) is 16.8. The van der Waals surface area contributed by atoms with Gasteiger partial charge in [-0.1, -0.05) is 0 Å². The molecule has 0 spiro atoms. The molecule has 7 rings (SSSR count). The third-order valence-corrected chi connectivity index (χ3v) is 16.4. The molecule has 0 bridgehead atoms. The predicted molar refractivity (Wildman–Crippen MR) is 219 cm³/mol. The second-order valence-electron chi connectivity index (χ2n) is 12.1. The molecule has 0 saturated heterocycles. The van der Waals surface area contributed by atoms with Crippen LogP contribution in [0.1, 0.15) is 5.56 Å². The SMILES string of the molecule is Cc1ccc(OP2(Oc3ccc(N)cc3)(Oc3ccc(N)cc3)NPN=P(Oc3ccc(N)cc3)(Oc3ccc(N)cc3)N2Oc2ccc(N)cc2)cc1. The molecule has 6 aromatic carbocycles. The number of hydrogen-bond acceptors (Lipinski definition) is 14. The second-order valence-corrected chi connectivity index (χ2v) is 18.7. The van der Waals surface area contributed by atoms with Crippen molar-refractivity contribution in [1.29, 1.82) is 0 Å². The van der Waals surface area contributed by atoms with Crippen molar-refractivity contribution >= 4 is 52.6 Å². The van der Waals surface area contributed by atoms with Crippen molar-refractivity contribution in [2.45, 2.75) is 6.92 Å². The summed E-state index contributed by atoms with van der Waals surface area (Å²) in [5.41, 5.74) is 34.1. The van der Waals surface area contributed by atoms with Crippen LogP contribution >= 0.6 is 24.1 Å². The third-order valence-electron chi connectivity index (χ3n) is 7.78. The van der Waals surface area contributed by atoms with E-state index in [0.29, 0.717) is 62.9 Å². The van der Waals surface area contributed by atoms with Crippen molar-refractivity contribution in [2.75, 3.05) is 28.7 Å². The van der Waals surface area contributed by atoms with Crippen molar-refractivity contribution < 1.29 is 27.5 Å². The van der Waals surface area contributed by atoms with E-state index in [-0.39, 0.29) is 0 Å². The number of nitrogens with zero attached hydrogens (tertiary/aromatic N) is 2. The number of hydrogen-bond donors (Lipinski definition) is 6. The van der Waals surface area contributed by atoms with Crippen molar-refractivity contribution in [1.82, 2.24) is 9.46 Å². The van der Waals surface area contributed by atoms with Crippen molar-refractivity contribution in [3.05, 3.63) is 151 Å². The van der Waals surface area contributed by atoms with Crippen molar-refractivity contribution in [3.8, 4) is 34.5 Å².